The van der Waals surface area contributed by atoms with Crippen LogP contribution in [0.3, 0.4) is 0 Å². The van der Waals surface area contributed by atoms with Crippen molar-refractivity contribution in [2.75, 3.05) is 20.3 Å². The Morgan fingerprint density at radius 3 is 2.76 bits per heavy atom. The minimum absolute atomic E-state index is 0.0841. The van der Waals surface area contributed by atoms with Crippen LogP contribution in [0.4, 0.5) is 0 Å². The molecule has 2 unspecified atom stereocenters. The van der Waals surface area contributed by atoms with Crippen LogP contribution < -0.4 is 4.74 Å². The maximum absolute atomic E-state index is 8.91. The van der Waals surface area contributed by atoms with Gasteiger partial charge in [-0.05, 0) is 25.0 Å². The molecule has 1 heterocycles. The molecule has 4 heteroatoms. The maximum Gasteiger partial charge on any atom is 0.184 e. The van der Waals surface area contributed by atoms with E-state index in [2.05, 4.69) is 0 Å². The molecular formula is C13H18O4. The van der Waals surface area contributed by atoms with Gasteiger partial charge in [-0.1, -0.05) is 12.1 Å². The van der Waals surface area contributed by atoms with Crippen molar-refractivity contribution in [1.82, 2.24) is 0 Å². The number of aliphatic hydroxyl groups is 1. The Hall–Kier alpha value is -1.10. The summed E-state index contributed by atoms with van der Waals surface area (Å²) in [6, 6.07) is 7.64. The molecule has 1 N–H and O–H groups in total. The van der Waals surface area contributed by atoms with E-state index in [1.165, 1.54) is 0 Å². The van der Waals surface area contributed by atoms with Crippen LogP contribution in [-0.4, -0.2) is 31.5 Å². The summed E-state index contributed by atoms with van der Waals surface area (Å²) in [5.74, 6) is 0.816. The Bertz CT molecular complexity index is 334. The summed E-state index contributed by atoms with van der Waals surface area (Å²) in [7, 11) is 1.64. The van der Waals surface area contributed by atoms with E-state index >= 15 is 0 Å². The van der Waals surface area contributed by atoms with E-state index in [1.807, 2.05) is 24.3 Å². The lowest BCUT2D eigenvalue weighted by Gasteiger charge is -2.30. The molecule has 0 radical (unpaired) electrons. The first-order valence-corrected chi connectivity index (χ1v) is 5.85. The number of methoxy groups -OCH3 is 1. The van der Waals surface area contributed by atoms with Crippen molar-refractivity contribution in [2.24, 2.45) is 0 Å². The number of ether oxygens (including phenoxy) is 3. The Balaban J connectivity index is 2.00. The van der Waals surface area contributed by atoms with Gasteiger partial charge in [0.15, 0.2) is 6.29 Å². The Morgan fingerprint density at radius 2 is 2.12 bits per heavy atom. The second-order valence-electron chi connectivity index (χ2n) is 4.03. The number of rotatable bonds is 4. The Kier molecular flexibility index (Phi) is 4.36. The molecule has 1 aliphatic heterocycles. The molecule has 2 rings (SSSR count). The molecule has 0 saturated carbocycles. The van der Waals surface area contributed by atoms with Crippen LogP contribution in [0.5, 0.6) is 5.75 Å². The first-order chi connectivity index (χ1) is 8.33. The molecule has 1 aliphatic rings. The first-order valence-electron chi connectivity index (χ1n) is 5.85. The van der Waals surface area contributed by atoms with Gasteiger partial charge in [0.05, 0.1) is 19.8 Å². The monoisotopic (exact) mass is 238 g/mol. The van der Waals surface area contributed by atoms with Gasteiger partial charge >= 0.3 is 0 Å². The van der Waals surface area contributed by atoms with Gasteiger partial charge in [-0.15, -0.1) is 0 Å². The zero-order valence-electron chi connectivity index (χ0n) is 9.96. The van der Waals surface area contributed by atoms with Crippen molar-refractivity contribution in [1.29, 1.82) is 0 Å². The maximum atomic E-state index is 8.91. The third-order valence-electron chi connectivity index (χ3n) is 2.86. The van der Waals surface area contributed by atoms with Crippen LogP contribution in [0.15, 0.2) is 24.3 Å². The van der Waals surface area contributed by atoms with Crippen LogP contribution in [0.2, 0.25) is 0 Å². The van der Waals surface area contributed by atoms with Crippen molar-refractivity contribution in [3.63, 3.8) is 0 Å². The van der Waals surface area contributed by atoms with Crippen molar-refractivity contribution in [3.05, 3.63) is 29.8 Å². The lowest BCUT2D eigenvalue weighted by atomic mass is 10.1. The van der Waals surface area contributed by atoms with Crippen molar-refractivity contribution in [2.45, 2.75) is 25.2 Å². The van der Waals surface area contributed by atoms with Crippen LogP contribution in [-0.2, 0) is 9.47 Å². The molecule has 0 spiro atoms. The number of hydrogen-bond acceptors (Lipinski definition) is 4. The van der Waals surface area contributed by atoms with Crippen molar-refractivity contribution < 1.29 is 19.3 Å². The predicted molar refractivity (Wildman–Crippen MR) is 62.9 cm³/mol. The van der Waals surface area contributed by atoms with E-state index in [1.54, 1.807) is 7.11 Å². The molecular weight excluding hydrogens is 220 g/mol. The van der Waals surface area contributed by atoms with Gasteiger partial charge in [0.25, 0.3) is 0 Å². The number of aliphatic hydroxyl groups excluding tert-OH is 1. The summed E-state index contributed by atoms with van der Waals surface area (Å²) < 4.78 is 16.4. The number of hydrogen-bond donors (Lipinski definition) is 1. The molecule has 1 aromatic carbocycles. The second kappa shape index (κ2) is 6.00. The highest BCUT2D eigenvalue weighted by molar-refractivity contribution is 5.27. The van der Waals surface area contributed by atoms with E-state index < -0.39 is 0 Å². The molecule has 2 atom stereocenters. The van der Waals surface area contributed by atoms with E-state index in [4.69, 9.17) is 19.3 Å². The summed E-state index contributed by atoms with van der Waals surface area (Å²) >= 11 is 0. The fraction of sp³-hybridized carbons (Fsp3) is 0.538. The van der Waals surface area contributed by atoms with Gasteiger partial charge in [-0.3, -0.25) is 0 Å². The summed E-state index contributed by atoms with van der Waals surface area (Å²) in [6.07, 6.45) is 1.26. The lowest BCUT2D eigenvalue weighted by Crippen LogP contribution is -2.27. The Morgan fingerprint density at radius 1 is 1.35 bits per heavy atom. The Labute approximate surface area is 101 Å². The first kappa shape index (κ1) is 12.4. The normalized spacial score (nSPS) is 24.6. The van der Waals surface area contributed by atoms with Crippen molar-refractivity contribution >= 4 is 0 Å². The molecule has 17 heavy (non-hydrogen) atoms. The van der Waals surface area contributed by atoms with Gasteiger partial charge in [0.2, 0.25) is 0 Å². The highest BCUT2D eigenvalue weighted by Gasteiger charge is 2.23. The van der Waals surface area contributed by atoms with E-state index in [0.717, 1.165) is 17.7 Å². The third kappa shape index (κ3) is 3.19. The smallest absolute Gasteiger partial charge is 0.184 e. The molecule has 1 aromatic rings. The van der Waals surface area contributed by atoms with Crippen molar-refractivity contribution in [3.8, 4) is 5.75 Å². The second-order valence-corrected chi connectivity index (χ2v) is 4.03. The minimum Gasteiger partial charge on any atom is -0.497 e. The molecule has 1 fully saturated rings. The summed E-state index contributed by atoms with van der Waals surface area (Å²) in [4.78, 5) is 0. The van der Waals surface area contributed by atoms with E-state index in [0.29, 0.717) is 13.0 Å². The van der Waals surface area contributed by atoms with Gasteiger partial charge in [-0.25, -0.2) is 0 Å². The molecule has 0 aromatic heterocycles. The topological polar surface area (TPSA) is 47.9 Å². The third-order valence-corrected chi connectivity index (χ3v) is 2.86. The van der Waals surface area contributed by atoms with Crippen LogP contribution in [0.25, 0.3) is 0 Å². The van der Waals surface area contributed by atoms with Crippen LogP contribution in [0.1, 0.15) is 24.7 Å². The largest absolute Gasteiger partial charge is 0.497 e. The summed E-state index contributed by atoms with van der Waals surface area (Å²) in [5.41, 5.74) is 0.980. The standard InChI is InChI=1S/C13H18O4/c1-15-11-4-2-10(3-5-11)13-16-9-7-12(17-13)6-8-14/h2-5,12-14H,6-9H2,1H3. The molecule has 0 amide bonds. The zero-order valence-corrected chi connectivity index (χ0v) is 9.96. The average Bonchev–Trinajstić information content (AvgIpc) is 2.40. The molecule has 0 bridgehead atoms. The minimum atomic E-state index is -0.328. The van der Waals surface area contributed by atoms with Gasteiger partial charge in [0, 0.05) is 12.2 Å². The van der Waals surface area contributed by atoms with E-state index in [9.17, 15) is 0 Å². The van der Waals surface area contributed by atoms with E-state index in [-0.39, 0.29) is 19.0 Å². The summed E-state index contributed by atoms with van der Waals surface area (Å²) in [5, 5.41) is 8.91. The number of benzene rings is 1. The summed E-state index contributed by atoms with van der Waals surface area (Å²) in [6.45, 7) is 0.821. The fourth-order valence-corrected chi connectivity index (χ4v) is 1.88. The zero-order chi connectivity index (χ0) is 12.1. The molecule has 4 nitrogen and oxygen atoms in total. The quantitative estimate of drug-likeness (QED) is 0.870. The van der Waals surface area contributed by atoms with Gasteiger partial charge < -0.3 is 19.3 Å². The van der Waals surface area contributed by atoms with Crippen LogP contribution in [0, 0.1) is 0 Å². The van der Waals surface area contributed by atoms with Gasteiger partial charge in [-0.2, -0.15) is 0 Å². The lowest BCUT2D eigenvalue weighted by molar-refractivity contribution is -0.219. The average molecular weight is 238 g/mol. The molecule has 94 valence electrons. The molecule has 0 aliphatic carbocycles. The van der Waals surface area contributed by atoms with Crippen LogP contribution >= 0.6 is 0 Å². The predicted octanol–water partition coefficient (Wildman–Crippen LogP) is 1.88. The SMILES string of the molecule is COc1ccc(C2OCCC(CCO)O2)cc1. The highest BCUT2D eigenvalue weighted by Crippen LogP contribution is 2.28. The fourth-order valence-electron chi connectivity index (χ4n) is 1.88. The molecule has 1 saturated heterocycles. The van der Waals surface area contributed by atoms with Gasteiger partial charge in [0.1, 0.15) is 5.75 Å². The highest BCUT2D eigenvalue weighted by atomic mass is 16.7.